The van der Waals surface area contributed by atoms with Crippen LogP contribution in [0, 0.1) is 0 Å². The minimum Gasteiger partial charge on any atom is -0.507 e. The summed E-state index contributed by atoms with van der Waals surface area (Å²) in [5, 5.41) is 62.1. The number of hydrogen-bond donors (Lipinski definition) is 4. The summed E-state index contributed by atoms with van der Waals surface area (Å²) >= 11 is 0. The smallest absolute Gasteiger partial charge is 0.252 e. The Morgan fingerprint density at radius 2 is 0.806 bits per heavy atom. The summed E-state index contributed by atoms with van der Waals surface area (Å²) in [4.78, 5) is 10.3. The Hall–Kier alpha value is -13.1. The van der Waals surface area contributed by atoms with Crippen molar-refractivity contribution in [3.63, 3.8) is 0 Å². The van der Waals surface area contributed by atoms with Gasteiger partial charge in [0.1, 0.15) is 57.6 Å². The zero-order valence-corrected chi connectivity index (χ0v) is 49.7. The van der Waals surface area contributed by atoms with Crippen molar-refractivity contribution in [2.24, 2.45) is 0 Å². The molecule has 0 atom stereocenters. The zero-order chi connectivity index (χ0) is 63.4. The highest BCUT2D eigenvalue weighted by Gasteiger charge is 2.27. The maximum Gasteiger partial charge on any atom is 0.252 e. The van der Waals surface area contributed by atoms with E-state index in [2.05, 4.69) is 31.5 Å². The van der Waals surface area contributed by atoms with Gasteiger partial charge in [0.05, 0.1) is 45.0 Å². The van der Waals surface area contributed by atoms with Crippen molar-refractivity contribution in [3.05, 3.63) is 285 Å². The molecule has 0 fully saturated rings. The second kappa shape index (κ2) is 25.2. The fourth-order valence-corrected chi connectivity index (χ4v) is 10.9. The SMILES string of the molecule is C=C(/C=C\C=C/C)c1c(-c2ccccc2)nc(-c2ccccc2O)n1-c1ccc(Oc2cccc(-c3nnc(-c4cc(O)c(-c5nnc(-c6cccc(Oc7ccc(-n8c(-c9ccccc9O)nc(-c9ccccc9)c8-c8ccccc8)cc7)c6)o5)cc4O)o3)c2)cc1. The van der Waals surface area contributed by atoms with E-state index in [0.717, 1.165) is 45.1 Å². The Kier molecular flexibility index (Phi) is 15.6. The van der Waals surface area contributed by atoms with Crippen molar-refractivity contribution < 1.29 is 38.7 Å². The van der Waals surface area contributed by atoms with Gasteiger partial charge in [-0.2, -0.15) is 0 Å². The van der Waals surface area contributed by atoms with E-state index in [4.69, 9.17) is 28.3 Å². The van der Waals surface area contributed by atoms with E-state index >= 15 is 0 Å². The number of benzene rings is 10. The summed E-state index contributed by atoms with van der Waals surface area (Å²) in [6, 6.07) is 76.1. The average Bonchev–Trinajstić information content (AvgIpc) is 1.64. The number of phenols is 4. The first-order valence-corrected chi connectivity index (χ1v) is 29.6. The second-order valence-corrected chi connectivity index (χ2v) is 21.4. The van der Waals surface area contributed by atoms with Crippen LogP contribution in [0.5, 0.6) is 46.0 Å². The molecule has 0 bridgehead atoms. The van der Waals surface area contributed by atoms with Crippen LogP contribution < -0.4 is 9.47 Å². The number of phenolic OH excluding ortho intramolecular Hbond substituents is 4. The van der Waals surface area contributed by atoms with Crippen molar-refractivity contribution in [3.8, 4) is 160 Å². The summed E-state index contributed by atoms with van der Waals surface area (Å²) in [7, 11) is 0. The average molecular weight is 1220 g/mol. The van der Waals surface area contributed by atoms with Crippen molar-refractivity contribution in [1.29, 1.82) is 0 Å². The van der Waals surface area contributed by atoms with Crippen LogP contribution in [0.2, 0.25) is 0 Å². The number of hydrogen-bond acceptors (Lipinski definition) is 14. The first-order chi connectivity index (χ1) is 45.6. The summed E-state index contributed by atoms with van der Waals surface area (Å²) in [5.41, 5.74) is 10.4. The molecule has 0 aliphatic carbocycles. The Balaban J connectivity index is 0.679. The third-order valence-corrected chi connectivity index (χ3v) is 15.3. The number of allylic oxidation sites excluding steroid dienone is 5. The lowest BCUT2D eigenvalue weighted by Gasteiger charge is -2.15. The monoisotopic (exact) mass is 1220 g/mol. The predicted octanol–water partition coefficient (Wildman–Crippen LogP) is 18.4. The Morgan fingerprint density at radius 3 is 1.30 bits per heavy atom. The topological polar surface area (TPSA) is 213 Å². The Morgan fingerprint density at radius 1 is 0.387 bits per heavy atom. The first kappa shape index (κ1) is 57.7. The lowest BCUT2D eigenvalue weighted by molar-refractivity contribution is 0.457. The summed E-state index contributed by atoms with van der Waals surface area (Å²) in [5.74, 6) is 2.88. The van der Waals surface area contributed by atoms with Crippen LogP contribution in [-0.4, -0.2) is 59.9 Å². The van der Waals surface area contributed by atoms with Crippen LogP contribution >= 0.6 is 0 Å². The Bertz CT molecular complexity index is 5110. The van der Waals surface area contributed by atoms with E-state index in [1.807, 2.05) is 200 Å². The van der Waals surface area contributed by atoms with Gasteiger partial charge in [-0.15, -0.1) is 20.4 Å². The minimum atomic E-state index is -0.295. The van der Waals surface area contributed by atoms with Gasteiger partial charge in [-0.1, -0.05) is 158 Å². The van der Waals surface area contributed by atoms with Gasteiger partial charge >= 0.3 is 0 Å². The quantitative estimate of drug-likeness (QED) is 0.0465. The van der Waals surface area contributed by atoms with E-state index in [0.29, 0.717) is 68.2 Å². The molecule has 16 nitrogen and oxygen atoms in total. The number of aromatic nitrogens is 8. The van der Waals surface area contributed by atoms with Gasteiger partial charge in [-0.05, 0) is 134 Å². The van der Waals surface area contributed by atoms with Crippen molar-refractivity contribution in [1.82, 2.24) is 39.5 Å². The highest BCUT2D eigenvalue weighted by molar-refractivity contribution is 5.87. The van der Waals surface area contributed by atoms with Crippen molar-refractivity contribution in [2.75, 3.05) is 0 Å². The lowest BCUT2D eigenvalue weighted by Crippen LogP contribution is -2.02. The minimum absolute atomic E-state index is 0.0585. The van der Waals surface area contributed by atoms with Gasteiger partial charge in [0, 0.05) is 39.2 Å². The molecule has 93 heavy (non-hydrogen) atoms. The summed E-state index contributed by atoms with van der Waals surface area (Å²) in [6.07, 6.45) is 7.74. The fraction of sp³-hybridized carbons (Fsp3) is 0.0130. The van der Waals surface area contributed by atoms with Crippen LogP contribution in [0.25, 0.3) is 119 Å². The van der Waals surface area contributed by atoms with Crippen LogP contribution in [0.15, 0.2) is 288 Å². The number of nitrogens with zero attached hydrogens (tertiary/aromatic N) is 8. The molecule has 0 saturated carbocycles. The number of ether oxygens (including phenoxy) is 2. The highest BCUT2D eigenvalue weighted by Crippen LogP contribution is 2.45. The lowest BCUT2D eigenvalue weighted by atomic mass is 10.0. The van der Waals surface area contributed by atoms with E-state index in [-0.39, 0.29) is 57.7 Å². The molecular formula is C77H54N8O8. The molecule has 14 rings (SSSR count). The fourth-order valence-electron chi connectivity index (χ4n) is 10.9. The Labute approximate surface area is 533 Å². The second-order valence-electron chi connectivity index (χ2n) is 21.4. The number of aromatic hydroxyl groups is 4. The van der Waals surface area contributed by atoms with Crippen molar-refractivity contribution >= 4 is 5.57 Å². The largest absolute Gasteiger partial charge is 0.507 e. The maximum absolute atomic E-state index is 11.4. The van der Waals surface area contributed by atoms with Crippen LogP contribution in [-0.2, 0) is 0 Å². The third kappa shape index (κ3) is 11.7. The molecule has 10 aromatic carbocycles. The molecule has 0 unspecified atom stereocenters. The first-order valence-electron chi connectivity index (χ1n) is 29.6. The number of para-hydroxylation sites is 2. The molecule has 4 aromatic heterocycles. The number of imidazole rings is 2. The third-order valence-electron chi connectivity index (χ3n) is 15.3. The maximum atomic E-state index is 11.4. The van der Waals surface area contributed by atoms with Crippen LogP contribution in [0.3, 0.4) is 0 Å². The molecule has 0 aliphatic heterocycles. The number of rotatable bonds is 18. The van der Waals surface area contributed by atoms with E-state index in [1.54, 1.807) is 72.8 Å². The van der Waals surface area contributed by atoms with E-state index in [9.17, 15) is 20.4 Å². The van der Waals surface area contributed by atoms with Gasteiger partial charge in [-0.3, -0.25) is 9.13 Å². The molecule has 14 aromatic rings. The van der Waals surface area contributed by atoms with Gasteiger partial charge in [-0.25, -0.2) is 9.97 Å². The van der Waals surface area contributed by atoms with Gasteiger partial charge in [0.25, 0.3) is 11.8 Å². The molecule has 4 N–H and O–H groups in total. The van der Waals surface area contributed by atoms with Gasteiger partial charge in [0.15, 0.2) is 0 Å². The molecular weight excluding hydrogens is 1160 g/mol. The van der Waals surface area contributed by atoms with E-state index in [1.165, 1.54) is 12.1 Å². The summed E-state index contributed by atoms with van der Waals surface area (Å²) < 4.78 is 29.0. The van der Waals surface area contributed by atoms with Crippen molar-refractivity contribution in [2.45, 2.75) is 6.92 Å². The standard InChI is InChI=1S/C77H54N8O8/c1-3-4-8-21-48(2)70-68(49-22-9-5-10-23-49)78-72(60-32-15-17-34-64(60)86)84(70)54-36-40-56(41-37-54)90-58-30-19-28-52(44-58)74-80-82-76(92-74)62-46-67(89)63(47-66(62)88)77-83-81-75(93-77)53-29-20-31-59(45-53)91-57-42-38-55(39-43-57)85-71(51-26-13-7-14-27-51)69(50-24-11-6-12-25-50)79-73(85)61-33-16-18-35-65(61)87/h3-47,86-89H,2H2,1H3/b4-3-,21-8-. The van der Waals surface area contributed by atoms with Crippen LogP contribution in [0.4, 0.5) is 0 Å². The van der Waals surface area contributed by atoms with Crippen LogP contribution in [0.1, 0.15) is 12.6 Å². The molecule has 0 aliphatic rings. The molecule has 0 amide bonds. The molecule has 0 saturated heterocycles. The molecule has 0 spiro atoms. The molecule has 0 radical (unpaired) electrons. The zero-order valence-electron chi connectivity index (χ0n) is 49.7. The highest BCUT2D eigenvalue weighted by atomic mass is 16.5. The molecule has 4 heterocycles. The molecule has 450 valence electrons. The van der Waals surface area contributed by atoms with E-state index < -0.39 is 0 Å². The molecule has 16 heteroatoms. The summed E-state index contributed by atoms with van der Waals surface area (Å²) in [6.45, 7) is 6.41. The predicted molar refractivity (Wildman–Crippen MR) is 358 cm³/mol. The normalized spacial score (nSPS) is 11.4. The van der Waals surface area contributed by atoms with Gasteiger partial charge in [0.2, 0.25) is 11.8 Å². The van der Waals surface area contributed by atoms with Gasteiger partial charge < -0.3 is 38.7 Å².